The highest BCUT2D eigenvalue weighted by Crippen LogP contribution is 2.76. The maximum Gasteiger partial charge on any atom is 0.175 e. The van der Waals surface area contributed by atoms with Crippen LogP contribution in [-0.2, 0) is 15.3 Å². The quantitative estimate of drug-likeness (QED) is 0.915. The fourth-order valence-electron chi connectivity index (χ4n) is 4.38. The van der Waals surface area contributed by atoms with E-state index in [-0.39, 0.29) is 0 Å². The molecule has 5 rings (SSSR count). The number of hydrogen-bond donors (Lipinski definition) is 1. The highest BCUT2D eigenvalue weighted by molar-refractivity contribution is 7.90. The molecule has 1 heterocycles. The molecule has 3 nitrogen and oxygen atoms in total. The molecule has 4 aliphatic rings. The van der Waals surface area contributed by atoms with Crippen LogP contribution in [0.1, 0.15) is 24.8 Å². The highest BCUT2D eigenvalue weighted by atomic mass is 32.2. The van der Waals surface area contributed by atoms with Gasteiger partial charge < -0.3 is 5.32 Å². The van der Waals surface area contributed by atoms with Crippen molar-refractivity contribution >= 4 is 9.84 Å². The maximum absolute atomic E-state index is 11.5. The molecule has 3 aliphatic carbocycles. The van der Waals surface area contributed by atoms with Gasteiger partial charge in [0, 0.05) is 6.26 Å². The van der Waals surface area contributed by atoms with Crippen LogP contribution in [0.25, 0.3) is 0 Å². The number of benzene rings is 1. The molecular weight excluding hydrogens is 258 g/mol. The summed E-state index contributed by atoms with van der Waals surface area (Å²) in [5.41, 5.74) is 2.35. The third-order valence-corrected chi connectivity index (χ3v) is 6.74. The van der Waals surface area contributed by atoms with Gasteiger partial charge in [0.05, 0.1) is 4.90 Å². The van der Waals surface area contributed by atoms with E-state index in [1.165, 1.54) is 44.2 Å². The zero-order valence-electron chi connectivity index (χ0n) is 11.1. The van der Waals surface area contributed by atoms with Crippen molar-refractivity contribution in [3.05, 3.63) is 29.8 Å². The lowest BCUT2D eigenvalue weighted by atomic mass is 9.30. The normalized spacial score (nSPS) is 37.1. The summed E-state index contributed by atoms with van der Waals surface area (Å²) < 4.78 is 22.9. The second-order valence-electron chi connectivity index (χ2n) is 6.82. The van der Waals surface area contributed by atoms with E-state index in [4.69, 9.17) is 0 Å². The molecule has 1 aliphatic heterocycles. The summed E-state index contributed by atoms with van der Waals surface area (Å²) in [6.45, 7) is 2.40. The van der Waals surface area contributed by atoms with Crippen LogP contribution in [0.3, 0.4) is 0 Å². The van der Waals surface area contributed by atoms with Crippen LogP contribution in [0.2, 0.25) is 0 Å². The monoisotopic (exact) mass is 277 g/mol. The van der Waals surface area contributed by atoms with Gasteiger partial charge in [0.25, 0.3) is 0 Å². The molecule has 0 aromatic heterocycles. The van der Waals surface area contributed by atoms with E-state index in [2.05, 4.69) is 5.32 Å². The third kappa shape index (κ3) is 1.50. The Balaban J connectivity index is 1.53. The minimum Gasteiger partial charge on any atom is -0.316 e. The van der Waals surface area contributed by atoms with Crippen LogP contribution in [0.5, 0.6) is 0 Å². The Kier molecular flexibility index (Phi) is 2.14. The van der Waals surface area contributed by atoms with E-state index >= 15 is 0 Å². The molecule has 0 radical (unpaired) electrons. The molecule has 1 aromatic carbocycles. The van der Waals surface area contributed by atoms with E-state index < -0.39 is 9.84 Å². The van der Waals surface area contributed by atoms with E-state index in [9.17, 15) is 8.42 Å². The summed E-state index contributed by atoms with van der Waals surface area (Å²) in [6.07, 6.45) is 5.20. The van der Waals surface area contributed by atoms with Crippen molar-refractivity contribution in [2.24, 2.45) is 11.3 Å². The van der Waals surface area contributed by atoms with Gasteiger partial charge in [0.2, 0.25) is 0 Å². The molecule has 0 amide bonds. The summed E-state index contributed by atoms with van der Waals surface area (Å²) in [7, 11) is -3.07. The van der Waals surface area contributed by atoms with Gasteiger partial charge in [0.1, 0.15) is 0 Å². The molecule has 0 unspecified atom stereocenters. The first-order chi connectivity index (χ1) is 8.94. The van der Waals surface area contributed by atoms with Gasteiger partial charge in [-0.05, 0) is 66.8 Å². The van der Waals surface area contributed by atoms with Gasteiger partial charge in [-0.1, -0.05) is 12.1 Å². The predicted octanol–water partition coefficient (Wildman–Crippen LogP) is 1.73. The van der Waals surface area contributed by atoms with Crippen LogP contribution in [0, 0.1) is 11.3 Å². The zero-order valence-corrected chi connectivity index (χ0v) is 12.0. The van der Waals surface area contributed by atoms with Gasteiger partial charge in [-0.15, -0.1) is 0 Å². The number of hydrogen-bond acceptors (Lipinski definition) is 3. The molecule has 4 fully saturated rings. The van der Waals surface area contributed by atoms with Crippen molar-refractivity contribution < 1.29 is 8.42 Å². The fraction of sp³-hybridized carbons (Fsp3) is 0.600. The predicted molar refractivity (Wildman–Crippen MR) is 73.9 cm³/mol. The SMILES string of the molecule is CS(=O)(=O)c1ccc(C23CC(C4CNC4)(C2)C3)cc1. The molecule has 2 bridgehead atoms. The molecule has 0 spiro atoms. The molecule has 1 saturated heterocycles. The van der Waals surface area contributed by atoms with E-state index in [1.54, 1.807) is 12.1 Å². The Hall–Kier alpha value is -0.870. The van der Waals surface area contributed by atoms with Gasteiger partial charge in [-0.2, -0.15) is 0 Å². The Labute approximate surface area is 114 Å². The lowest BCUT2D eigenvalue weighted by Gasteiger charge is -2.75. The number of rotatable bonds is 3. The average Bonchev–Trinajstić information content (AvgIpc) is 2.17. The molecule has 1 N–H and O–H groups in total. The standard InChI is InChI=1S/C15H19NO2S/c1-19(17,18)13-4-2-11(3-5-13)14-8-15(9-14,10-14)12-6-16-7-12/h2-5,12,16H,6-10H2,1H3. The van der Waals surface area contributed by atoms with Crippen molar-refractivity contribution in [3.8, 4) is 0 Å². The molecule has 1 aromatic rings. The van der Waals surface area contributed by atoms with Gasteiger partial charge in [-0.3, -0.25) is 0 Å². The van der Waals surface area contributed by atoms with Crippen LogP contribution in [-0.4, -0.2) is 27.8 Å². The van der Waals surface area contributed by atoms with Crippen LogP contribution < -0.4 is 5.32 Å². The molecular formula is C15H19NO2S. The van der Waals surface area contributed by atoms with Crippen molar-refractivity contribution in [2.45, 2.75) is 29.6 Å². The Bertz CT molecular complexity index is 609. The smallest absolute Gasteiger partial charge is 0.175 e. The van der Waals surface area contributed by atoms with Crippen LogP contribution in [0.15, 0.2) is 29.2 Å². The Morgan fingerprint density at radius 1 is 1.11 bits per heavy atom. The van der Waals surface area contributed by atoms with Gasteiger partial charge in [0.15, 0.2) is 9.84 Å². The first-order valence-corrected chi connectivity index (χ1v) is 8.84. The topological polar surface area (TPSA) is 46.2 Å². The fourth-order valence-corrected chi connectivity index (χ4v) is 5.01. The summed E-state index contributed by atoms with van der Waals surface area (Å²) in [5, 5.41) is 3.37. The van der Waals surface area contributed by atoms with Crippen LogP contribution >= 0.6 is 0 Å². The average molecular weight is 277 g/mol. The number of nitrogens with one attached hydrogen (secondary N) is 1. The summed E-state index contributed by atoms with van der Waals surface area (Å²) in [6, 6.07) is 7.59. The van der Waals surface area contributed by atoms with Crippen molar-refractivity contribution in [3.63, 3.8) is 0 Å². The largest absolute Gasteiger partial charge is 0.316 e. The summed E-state index contributed by atoms with van der Waals surface area (Å²) in [4.78, 5) is 0.431. The van der Waals surface area contributed by atoms with Crippen molar-refractivity contribution in [1.29, 1.82) is 0 Å². The van der Waals surface area contributed by atoms with E-state index in [0.29, 0.717) is 15.7 Å². The Morgan fingerprint density at radius 3 is 2.11 bits per heavy atom. The minimum absolute atomic E-state index is 0.381. The molecule has 102 valence electrons. The second-order valence-corrected chi connectivity index (χ2v) is 8.84. The maximum atomic E-state index is 11.5. The Morgan fingerprint density at radius 2 is 1.68 bits per heavy atom. The number of sulfone groups is 1. The minimum atomic E-state index is -3.07. The lowest BCUT2D eigenvalue weighted by molar-refractivity contribution is -0.191. The molecule has 0 atom stereocenters. The van der Waals surface area contributed by atoms with Gasteiger partial charge in [-0.25, -0.2) is 8.42 Å². The summed E-state index contributed by atoms with van der Waals surface area (Å²) >= 11 is 0. The molecule has 19 heavy (non-hydrogen) atoms. The first kappa shape index (κ1) is 11.9. The highest BCUT2D eigenvalue weighted by Gasteiger charge is 2.70. The van der Waals surface area contributed by atoms with Gasteiger partial charge >= 0.3 is 0 Å². The third-order valence-electron chi connectivity index (χ3n) is 5.61. The second kappa shape index (κ2) is 3.41. The van der Waals surface area contributed by atoms with E-state index in [1.807, 2.05) is 12.1 Å². The first-order valence-electron chi connectivity index (χ1n) is 6.95. The molecule has 3 saturated carbocycles. The summed E-state index contributed by atoms with van der Waals surface area (Å²) in [5.74, 6) is 0.893. The lowest BCUT2D eigenvalue weighted by Crippen LogP contribution is -2.72. The molecule has 4 heteroatoms. The van der Waals surface area contributed by atoms with Crippen LogP contribution in [0.4, 0.5) is 0 Å². The zero-order chi connectivity index (χ0) is 13.3. The van der Waals surface area contributed by atoms with Crippen molar-refractivity contribution in [1.82, 2.24) is 5.32 Å². The van der Waals surface area contributed by atoms with E-state index in [0.717, 1.165) is 5.92 Å². The van der Waals surface area contributed by atoms with Crippen molar-refractivity contribution in [2.75, 3.05) is 19.3 Å².